The average Bonchev–Trinajstić information content (AvgIpc) is 0.796. The average molecular weight is 1360 g/mol. The van der Waals surface area contributed by atoms with Gasteiger partial charge in [0.1, 0.15) is 48.8 Å². The zero-order valence-electron chi connectivity index (χ0n) is 62.1. The molecule has 566 valence electrons. The fourth-order valence-electron chi connectivity index (χ4n) is 13.8. The molecule has 1 amide bonds. The summed E-state index contributed by atoms with van der Waals surface area (Å²) in [6.45, 7) is 2.85. The van der Waals surface area contributed by atoms with Crippen molar-refractivity contribution in [2.24, 2.45) is 0 Å². The molecule has 2 fully saturated rings. The molecule has 12 unspecified atom stereocenters. The third kappa shape index (κ3) is 48.9. The number of hydrogen-bond donors (Lipinski definition) is 9. The fourth-order valence-corrected chi connectivity index (χ4v) is 13.8. The third-order valence-electron chi connectivity index (χ3n) is 20.3. The van der Waals surface area contributed by atoms with E-state index in [1.54, 1.807) is 6.08 Å². The Kier molecular flexibility index (Phi) is 62.5. The van der Waals surface area contributed by atoms with Gasteiger partial charge in [-0.2, -0.15) is 0 Å². The van der Waals surface area contributed by atoms with Crippen LogP contribution in [-0.4, -0.2) is 140 Å². The maximum atomic E-state index is 13.4. The van der Waals surface area contributed by atoms with Crippen LogP contribution >= 0.6 is 0 Å². The van der Waals surface area contributed by atoms with Crippen molar-refractivity contribution in [3.05, 3.63) is 36.5 Å². The first kappa shape index (κ1) is 90.3. The first-order valence-corrected chi connectivity index (χ1v) is 41.2. The lowest BCUT2D eigenvalue weighted by Crippen LogP contribution is -2.65. The molecular weight excluding hydrogens is 1210 g/mol. The van der Waals surface area contributed by atoms with Crippen LogP contribution < -0.4 is 5.32 Å². The van der Waals surface area contributed by atoms with E-state index in [1.165, 1.54) is 308 Å². The van der Waals surface area contributed by atoms with Crippen molar-refractivity contribution in [1.82, 2.24) is 5.32 Å². The van der Waals surface area contributed by atoms with E-state index in [0.717, 1.165) is 44.9 Å². The largest absolute Gasteiger partial charge is 0.394 e. The smallest absolute Gasteiger partial charge is 0.220 e. The van der Waals surface area contributed by atoms with Gasteiger partial charge in [-0.15, -0.1) is 0 Å². The number of ether oxygens (including phenoxy) is 4. The molecule has 12 atom stereocenters. The summed E-state index contributed by atoms with van der Waals surface area (Å²) < 4.78 is 22.9. The van der Waals surface area contributed by atoms with Crippen molar-refractivity contribution in [2.75, 3.05) is 19.8 Å². The highest BCUT2D eigenvalue weighted by molar-refractivity contribution is 5.76. The van der Waals surface area contributed by atoms with Gasteiger partial charge in [-0.05, 0) is 44.9 Å². The van der Waals surface area contributed by atoms with Gasteiger partial charge in [0.05, 0.1) is 32.0 Å². The van der Waals surface area contributed by atoms with Gasteiger partial charge < -0.3 is 65.1 Å². The van der Waals surface area contributed by atoms with Crippen LogP contribution in [0.15, 0.2) is 36.5 Å². The number of carbonyl (C=O) groups is 1. The molecule has 2 saturated heterocycles. The highest BCUT2D eigenvalue weighted by atomic mass is 16.7. The summed E-state index contributed by atoms with van der Waals surface area (Å²) in [7, 11) is 0. The summed E-state index contributed by atoms with van der Waals surface area (Å²) in [5, 5.41) is 87.7. The molecule has 0 spiro atoms. The number of aliphatic hydroxyl groups is 8. The number of carbonyl (C=O) groups excluding carboxylic acids is 1. The maximum absolute atomic E-state index is 13.4. The lowest BCUT2D eigenvalue weighted by atomic mass is 9.97. The van der Waals surface area contributed by atoms with E-state index < -0.39 is 86.8 Å². The first-order chi connectivity index (χ1) is 47.1. The van der Waals surface area contributed by atoms with Crippen LogP contribution in [0.1, 0.15) is 386 Å². The number of aliphatic hydroxyl groups excluding tert-OH is 8. The molecule has 2 rings (SSSR count). The van der Waals surface area contributed by atoms with Crippen molar-refractivity contribution < 1.29 is 64.6 Å². The van der Waals surface area contributed by atoms with Crippen LogP contribution in [0.25, 0.3) is 0 Å². The SMILES string of the molecule is CCCCCCCCCCCCCCCCCCCCCC/C=C/CC/C=C/CC/C=C/C(O)C(COC1OC(CO)C(OC2OC(CO)C(O)C(O)C2O)C(O)C1O)NC(=O)CCCCCCCCCCCCCCCCCCCCCCCCCCCCCCCCCC. The number of amides is 1. The van der Waals surface area contributed by atoms with Crippen molar-refractivity contribution in [3.63, 3.8) is 0 Å². The van der Waals surface area contributed by atoms with Gasteiger partial charge in [0.15, 0.2) is 12.6 Å². The Balaban J connectivity index is 1.62. The number of rotatable bonds is 70. The Labute approximate surface area is 589 Å². The molecule has 0 aliphatic carbocycles. The van der Waals surface area contributed by atoms with E-state index in [2.05, 4.69) is 43.5 Å². The molecule has 0 bridgehead atoms. The zero-order valence-corrected chi connectivity index (χ0v) is 62.1. The van der Waals surface area contributed by atoms with Gasteiger partial charge in [-0.25, -0.2) is 0 Å². The van der Waals surface area contributed by atoms with Crippen molar-refractivity contribution in [1.29, 1.82) is 0 Å². The highest BCUT2D eigenvalue weighted by Gasteiger charge is 2.51. The molecule has 0 radical (unpaired) electrons. The van der Waals surface area contributed by atoms with E-state index in [9.17, 15) is 45.6 Å². The zero-order chi connectivity index (χ0) is 69.4. The molecule has 2 aliphatic heterocycles. The number of nitrogens with one attached hydrogen (secondary N) is 1. The Morgan fingerprint density at radius 2 is 0.667 bits per heavy atom. The van der Waals surface area contributed by atoms with E-state index in [0.29, 0.717) is 12.8 Å². The second-order valence-corrected chi connectivity index (χ2v) is 29.2. The minimum Gasteiger partial charge on any atom is -0.394 e. The van der Waals surface area contributed by atoms with Crippen molar-refractivity contribution >= 4 is 5.91 Å². The molecule has 0 aromatic carbocycles. The van der Waals surface area contributed by atoms with Crippen LogP contribution in [-0.2, 0) is 23.7 Å². The molecule has 96 heavy (non-hydrogen) atoms. The lowest BCUT2D eigenvalue weighted by molar-refractivity contribution is -0.359. The highest BCUT2D eigenvalue weighted by Crippen LogP contribution is 2.30. The summed E-state index contributed by atoms with van der Waals surface area (Å²) >= 11 is 0. The Morgan fingerprint density at radius 3 is 1.02 bits per heavy atom. The molecule has 14 nitrogen and oxygen atoms in total. The molecule has 0 saturated carbocycles. The van der Waals surface area contributed by atoms with Gasteiger partial charge in [-0.3, -0.25) is 4.79 Å². The molecule has 9 N–H and O–H groups in total. The van der Waals surface area contributed by atoms with Crippen LogP contribution in [0.4, 0.5) is 0 Å². The van der Waals surface area contributed by atoms with Gasteiger partial charge >= 0.3 is 0 Å². The Bertz CT molecular complexity index is 1750. The minimum atomic E-state index is -1.79. The molecule has 0 aromatic heterocycles. The molecule has 2 aliphatic rings. The molecule has 0 aromatic rings. The lowest BCUT2D eigenvalue weighted by Gasteiger charge is -2.46. The van der Waals surface area contributed by atoms with Crippen LogP contribution in [0, 0.1) is 0 Å². The van der Waals surface area contributed by atoms with Crippen LogP contribution in [0.5, 0.6) is 0 Å². The summed E-state index contributed by atoms with van der Waals surface area (Å²) in [5.74, 6) is -0.245. The summed E-state index contributed by atoms with van der Waals surface area (Å²) in [4.78, 5) is 13.4. The quantitative estimate of drug-likeness (QED) is 0.0204. The van der Waals surface area contributed by atoms with Gasteiger partial charge in [0.25, 0.3) is 0 Å². The maximum Gasteiger partial charge on any atom is 0.220 e. The van der Waals surface area contributed by atoms with Gasteiger partial charge in [-0.1, -0.05) is 371 Å². The van der Waals surface area contributed by atoms with Crippen molar-refractivity contribution in [3.8, 4) is 0 Å². The van der Waals surface area contributed by atoms with Crippen LogP contribution in [0.3, 0.4) is 0 Å². The van der Waals surface area contributed by atoms with E-state index in [4.69, 9.17) is 18.9 Å². The van der Waals surface area contributed by atoms with E-state index in [1.807, 2.05) is 6.08 Å². The summed E-state index contributed by atoms with van der Waals surface area (Å²) in [6, 6.07) is -0.938. The first-order valence-electron chi connectivity index (χ1n) is 41.2. The molecular formula is C82H155NO13. The van der Waals surface area contributed by atoms with E-state index >= 15 is 0 Å². The predicted molar refractivity (Wildman–Crippen MR) is 397 cm³/mol. The third-order valence-corrected chi connectivity index (χ3v) is 20.3. The standard InChI is InChI=1S/C82H155NO13/c1-3-5-7-9-11-13-15-17-19-21-23-25-27-29-31-33-35-36-38-40-42-44-46-48-50-52-54-56-58-60-62-64-66-74(87)83-70(69-93-81-79(92)77(90)80(73(68-85)95-81)96-82-78(91)76(89)75(88)72(67-84)94-82)71(86)65-63-61-59-57-55-53-51-49-47-45-43-41-39-37-34-32-30-28-26-24-22-20-18-16-14-12-10-8-6-4-2/h47,49,55,57,63,65,70-73,75-82,84-86,88-92H,3-46,48,50-54,56,58-62,64,66-69H2,1-2H3,(H,83,87)/b49-47+,57-55+,65-63+. The minimum absolute atomic E-state index is 0.245. The fraction of sp³-hybridized carbons (Fsp3) is 0.915. The number of allylic oxidation sites excluding steroid dienone is 5. The predicted octanol–water partition coefficient (Wildman–Crippen LogP) is 18.8. The molecule has 2 heterocycles. The number of unbranched alkanes of at least 4 members (excludes halogenated alkanes) is 53. The summed E-state index contributed by atoms with van der Waals surface area (Å²) in [6.07, 6.45) is 71.1. The Morgan fingerprint density at radius 1 is 0.365 bits per heavy atom. The van der Waals surface area contributed by atoms with E-state index in [-0.39, 0.29) is 18.9 Å². The Hall–Kier alpha value is -1.79. The second-order valence-electron chi connectivity index (χ2n) is 29.2. The normalized spacial score (nSPS) is 22.4. The monoisotopic (exact) mass is 1360 g/mol. The summed E-state index contributed by atoms with van der Waals surface area (Å²) in [5.41, 5.74) is 0. The van der Waals surface area contributed by atoms with Gasteiger partial charge in [0.2, 0.25) is 5.91 Å². The number of hydrogen-bond acceptors (Lipinski definition) is 13. The van der Waals surface area contributed by atoms with Crippen LogP contribution in [0.2, 0.25) is 0 Å². The topological polar surface area (TPSA) is 228 Å². The van der Waals surface area contributed by atoms with Crippen molar-refractivity contribution in [2.45, 2.75) is 460 Å². The second kappa shape index (κ2) is 66.4. The van der Waals surface area contributed by atoms with Gasteiger partial charge in [0, 0.05) is 6.42 Å². The molecule has 14 heteroatoms.